The molecule has 3 rings (SSSR count). The smallest absolute Gasteiger partial charge is 0.310 e. The molecule has 0 saturated carbocycles. The predicted molar refractivity (Wildman–Crippen MR) is 109 cm³/mol. The monoisotopic (exact) mass is 421 g/mol. The zero-order chi connectivity index (χ0) is 20.3. The van der Waals surface area contributed by atoms with Crippen LogP contribution in [0.1, 0.15) is 42.4 Å². The molecule has 0 bridgehead atoms. The van der Waals surface area contributed by atoms with Crippen LogP contribution in [-0.2, 0) is 27.7 Å². The van der Waals surface area contributed by atoms with Gasteiger partial charge in [-0.1, -0.05) is 43.1 Å². The summed E-state index contributed by atoms with van der Waals surface area (Å²) in [6.45, 7) is 2.32. The van der Waals surface area contributed by atoms with Crippen molar-refractivity contribution in [3.8, 4) is 0 Å². The molecule has 0 heterocycles. The number of fused-ring (bicyclic) bond motifs is 1. The maximum Gasteiger partial charge on any atom is 0.310 e. The fourth-order valence-corrected chi connectivity index (χ4v) is 4.98. The molecule has 0 saturated heterocycles. The van der Waals surface area contributed by atoms with E-state index in [0.717, 1.165) is 30.4 Å². The summed E-state index contributed by atoms with van der Waals surface area (Å²) in [6, 6.07) is 12.0. The standard InChI is InChI=1S/C21H24ClNO4S/c1-2-3-20(21(24)25)16-5-4-15-10-14(11-17(15)12-16)13-23-28(26,27)19-8-6-18(22)7-9-19/h4-9,12,14,20,23H,2-3,10-11,13H2,1H3,(H,24,25). The highest BCUT2D eigenvalue weighted by molar-refractivity contribution is 7.89. The number of benzene rings is 2. The van der Waals surface area contributed by atoms with Crippen LogP contribution in [0.5, 0.6) is 0 Å². The van der Waals surface area contributed by atoms with E-state index in [1.807, 2.05) is 25.1 Å². The minimum Gasteiger partial charge on any atom is -0.481 e. The Bertz CT molecular complexity index is 957. The van der Waals surface area contributed by atoms with E-state index in [0.29, 0.717) is 18.0 Å². The molecule has 7 heteroatoms. The minimum absolute atomic E-state index is 0.154. The maximum atomic E-state index is 12.4. The van der Waals surface area contributed by atoms with Crippen molar-refractivity contribution in [3.05, 3.63) is 64.2 Å². The van der Waals surface area contributed by atoms with Crippen LogP contribution >= 0.6 is 11.6 Å². The predicted octanol–water partition coefficient (Wildman–Crippen LogP) is 4.00. The molecule has 0 fully saturated rings. The third-order valence-corrected chi connectivity index (χ3v) is 6.90. The molecule has 1 aliphatic carbocycles. The highest BCUT2D eigenvalue weighted by Crippen LogP contribution is 2.31. The van der Waals surface area contributed by atoms with E-state index in [9.17, 15) is 18.3 Å². The van der Waals surface area contributed by atoms with Crippen molar-refractivity contribution in [2.45, 2.75) is 43.4 Å². The highest BCUT2D eigenvalue weighted by Gasteiger charge is 2.26. The first-order chi connectivity index (χ1) is 13.3. The summed E-state index contributed by atoms with van der Waals surface area (Å²) in [5.41, 5.74) is 3.12. The normalized spacial score (nSPS) is 17.3. The summed E-state index contributed by atoms with van der Waals surface area (Å²) in [5.74, 6) is -1.13. The molecule has 2 N–H and O–H groups in total. The van der Waals surface area contributed by atoms with Crippen molar-refractivity contribution in [1.29, 1.82) is 0 Å². The van der Waals surface area contributed by atoms with Gasteiger partial charge >= 0.3 is 5.97 Å². The van der Waals surface area contributed by atoms with Gasteiger partial charge in [-0.3, -0.25) is 4.79 Å². The van der Waals surface area contributed by atoms with Crippen LogP contribution in [0.25, 0.3) is 0 Å². The van der Waals surface area contributed by atoms with Gasteiger partial charge in [0.15, 0.2) is 0 Å². The minimum atomic E-state index is -3.58. The van der Waals surface area contributed by atoms with Gasteiger partial charge in [-0.05, 0) is 66.1 Å². The molecule has 1 aliphatic rings. The highest BCUT2D eigenvalue weighted by atomic mass is 35.5. The van der Waals surface area contributed by atoms with Gasteiger partial charge in [-0.2, -0.15) is 0 Å². The quantitative estimate of drug-likeness (QED) is 0.674. The Morgan fingerprint density at radius 1 is 1.18 bits per heavy atom. The molecule has 2 aromatic carbocycles. The van der Waals surface area contributed by atoms with E-state index < -0.39 is 21.9 Å². The molecule has 0 radical (unpaired) electrons. The van der Waals surface area contributed by atoms with Crippen LogP contribution in [0.15, 0.2) is 47.4 Å². The summed E-state index contributed by atoms with van der Waals surface area (Å²) in [5, 5.41) is 9.96. The van der Waals surface area contributed by atoms with Gasteiger partial charge in [-0.15, -0.1) is 0 Å². The number of hydrogen-bond donors (Lipinski definition) is 2. The van der Waals surface area contributed by atoms with Gasteiger partial charge in [0.25, 0.3) is 0 Å². The van der Waals surface area contributed by atoms with E-state index >= 15 is 0 Å². The SMILES string of the molecule is CCCC(C(=O)O)c1ccc2c(c1)CC(CNS(=O)(=O)c1ccc(Cl)cc1)C2. The molecule has 0 aliphatic heterocycles. The fraction of sp³-hybridized carbons (Fsp3) is 0.381. The van der Waals surface area contributed by atoms with Crippen LogP contribution in [0.3, 0.4) is 0 Å². The number of carbonyl (C=O) groups is 1. The number of nitrogens with one attached hydrogen (secondary N) is 1. The van der Waals surface area contributed by atoms with Crippen molar-refractivity contribution < 1.29 is 18.3 Å². The van der Waals surface area contributed by atoms with Gasteiger partial charge in [-0.25, -0.2) is 13.1 Å². The lowest BCUT2D eigenvalue weighted by molar-refractivity contribution is -0.139. The molecule has 0 amide bonds. The molecule has 2 unspecified atom stereocenters. The van der Waals surface area contributed by atoms with Crippen LogP contribution in [-0.4, -0.2) is 26.0 Å². The molecule has 2 atom stereocenters. The number of sulfonamides is 1. The summed E-state index contributed by atoms with van der Waals surface area (Å²) in [6.07, 6.45) is 2.94. The molecule has 5 nitrogen and oxygen atoms in total. The second-order valence-corrected chi connectivity index (χ2v) is 9.49. The molecule has 2 aromatic rings. The second kappa shape index (κ2) is 8.64. The zero-order valence-corrected chi connectivity index (χ0v) is 17.3. The Morgan fingerprint density at radius 3 is 2.50 bits per heavy atom. The van der Waals surface area contributed by atoms with E-state index in [-0.39, 0.29) is 10.8 Å². The first-order valence-corrected chi connectivity index (χ1v) is 11.3. The summed E-state index contributed by atoms with van der Waals surface area (Å²) < 4.78 is 27.6. The van der Waals surface area contributed by atoms with Crippen molar-refractivity contribution in [2.75, 3.05) is 6.54 Å². The Hall–Kier alpha value is -1.89. The molecule has 0 aromatic heterocycles. The third-order valence-electron chi connectivity index (χ3n) is 5.21. The summed E-state index contributed by atoms with van der Waals surface area (Å²) in [7, 11) is -3.58. The van der Waals surface area contributed by atoms with Crippen molar-refractivity contribution in [1.82, 2.24) is 4.72 Å². The fourth-order valence-electron chi connectivity index (χ4n) is 3.74. The number of halogens is 1. The Labute approximate surface area is 170 Å². The zero-order valence-electron chi connectivity index (χ0n) is 15.7. The van der Waals surface area contributed by atoms with Gasteiger partial charge in [0.2, 0.25) is 10.0 Å². The van der Waals surface area contributed by atoms with E-state index in [4.69, 9.17) is 11.6 Å². The third kappa shape index (κ3) is 4.74. The van der Waals surface area contributed by atoms with Crippen molar-refractivity contribution in [3.63, 3.8) is 0 Å². The average molecular weight is 422 g/mol. The Balaban J connectivity index is 1.66. The first-order valence-electron chi connectivity index (χ1n) is 9.40. The van der Waals surface area contributed by atoms with Gasteiger partial charge in [0, 0.05) is 11.6 Å². The lowest BCUT2D eigenvalue weighted by atomic mass is 9.92. The molecule has 0 spiro atoms. The number of hydrogen-bond acceptors (Lipinski definition) is 3. The van der Waals surface area contributed by atoms with E-state index in [1.165, 1.54) is 17.7 Å². The topological polar surface area (TPSA) is 83.5 Å². The molecule has 28 heavy (non-hydrogen) atoms. The van der Waals surface area contributed by atoms with Crippen LogP contribution < -0.4 is 4.72 Å². The van der Waals surface area contributed by atoms with Crippen molar-refractivity contribution >= 4 is 27.6 Å². The number of aliphatic carboxylic acids is 1. The summed E-state index contributed by atoms with van der Waals surface area (Å²) >= 11 is 5.82. The van der Waals surface area contributed by atoms with Crippen LogP contribution in [0.2, 0.25) is 5.02 Å². The molecular formula is C21H24ClNO4S. The Kier molecular flexibility index (Phi) is 6.43. The van der Waals surface area contributed by atoms with Gasteiger partial charge in [0.1, 0.15) is 0 Å². The van der Waals surface area contributed by atoms with Crippen LogP contribution in [0.4, 0.5) is 0 Å². The van der Waals surface area contributed by atoms with E-state index in [2.05, 4.69) is 4.72 Å². The van der Waals surface area contributed by atoms with Gasteiger partial charge in [0.05, 0.1) is 10.8 Å². The molecular weight excluding hydrogens is 398 g/mol. The first kappa shape index (κ1) is 20.8. The largest absolute Gasteiger partial charge is 0.481 e. The Morgan fingerprint density at radius 2 is 1.86 bits per heavy atom. The molecule has 150 valence electrons. The number of carboxylic acids is 1. The average Bonchev–Trinajstić information content (AvgIpc) is 3.07. The second-order valence-electron chi connectivity index (χ2n) is 7.29. The van der Waals surface area contributed by atoms with Crippen LogP contribution in [0, 0.1) is 5.92 Å². The maximum absolute atomic E-state index is 12.4. The number of rotatable bonds is 8. The lowest BCUT2D eigenvalue weighted by Crippen LogP contribution is -2.29. The number of carboxylic acid groups (broad SMARTS) is 1. The van der Waals surface area contributed by atoms with Gasteiger partial charge < -0.3 is 5.11 Å². The summed E-state index contributed by atoms with van der Waals surface area (Å²) in [4.78, 5) is 11.7. The van der Waals surface area contributed by atoms with Crippen molar-refractivity contribution in [2.24, 2.45) is 5.92 Å². The van der Waals surface area contributed by atoms with E-state index in [1.54, 1.807) is 12.1 Å². The lowest BCUT2D eigenvalue weighted by Gasteiger charge is -2.13.